The van der Waals surface area contributed by atoms with Gasteiger partial charge in [-0.3, -0.25) is 0 Å². The Morgan fingerprint density at radius 2 is 2.17 bits per heavy atom. The van der Waals surface area contributed by atoms with Crippen LogP contribution >= 0.6 is 0 Å². The molecule has 94 valence electrons. The van der Waals surface area contributed by atoms with E-state index in [1.807, 2.05) is 6.07 Å². The second-order valence-corrected chi connectivity index (χ2v) is 4.05. The molecule has 1 aromatic carbocycles. The molecule has 0 aliphatic carbocycles. The summed E-state index contributed by atoms with van der Waals surface area (Å²) in [6.07, 6.45) is 0. The van der Waals surface area contributed by atoms with Crippen LogP contribution in [0.5, 0.6) is 0 Å². The van der Waals surface area contributed by atoms with Gasteiger partial charge in [0.05, 0.1) is 31.3 Å². The van der Waals surface area contributed by atoms with Crippen LogP contribution in [-0.2, 0) is 4.74 Å². The van der Waals surface area contributed by atoms with Gasteiger partial charge in [0.15, 0.2) is 0 Å². The molecule has 1 heterocycles. The second-order valence-electron chi connectivity index (χ2n) is 4.05. The van der Waals surface area contributed by atoms with E-state index in [0.29, 0.717) is 5.69 Å². The Balaban J connectivity index is 2.27. The van der Waals surface area contributed by atoms with Crippen molar-refractivity contribution in [3.8, 4) is 6.07 Å². The van der Waals surface area contributed by atoms with Gasteiger partial charge in [-0.15, -0.1) is 0 Å². The van der Waals surface area contributed by atoms with Crippen LogP contribution in [0.25, 0.3) is 0 Å². The second kappa shape index (κ2) is 4.26. The summed E-state index contributed by atoms with van der Waals surface area (Å²) >= 11 is 0. The molecule has 0 spiro atoms. The standard InChI is InChI=1S/C12H10F2N2O2/c1-18-11(17)10-3-2-9(4-8(10)5-15)16-6-12(13,14)7-16/h2-4H,6-7H2,1H3. The van der Waals surface area contributed by atoms with Crippen LogP contribution in [0, 0.1) is 11.3 Å². The normalized spacial score (nSPS) is 16.7. The lowest BCUT2D eigenvalue weighted by molar-refractivity contribution is -0.0262. The summed E-state index contributed by atoms with van der Waals surface area (Å²) in [6, 6.07) is 6.22. The highest BCUT2D eigenvalue weighted by molar-refractivity contribution is 5.92. The summed E-state index contributed by atoms with van der Waals surface area (Å²) in [6.45, 7) is -0.731. The molecular weight excluding hydrogens is 242 g/mol. The molecular formula is C12H10F2N2O2. The van der Waals surface area contributed by atoms with Gasteiger partial charge >= 0.3 is 5.97 Å². The van der Waals surface area contributed by atoms with Crippen LogP contribution in [-0.4, -0.2) is 32.1 Å². The molecule has 1 aliphatic heterocycles. The number of carbonyl (C=O) groups excluding carboxylic acids is 1. The molecule has 0 radical (unpaired) electrons. The highest BCUT2D eigenvalue weighted by Gasteiger charge is 2.44. The van der Waals surface area contributed by atoms with Gasteiger partial charge < -0.3 is 9.64 Å². The van der Waals surface area contributed by atoms with Crippen molar-refractivity contribution in [2.24, 2.45) is 0 Å². The Kier molecular flexibility index (Phi) is 2.91. The molecule has 6 heteroatoms. The number of alkyl halides is 2. The van der Waals surface area contributed by atoms with Gasteiger partial charge in [-0.2, -0.15) is 5.26 Å². The molecule has 2 rings (SSSR count). The predicted octanol–water partition coefficient (Wildman–Crippen LogP) is 1.80. The van der Waals surface area contributed by atoms with E-state index in [9.17, 15) is 13.6 Å². The van der Waals surface area contributed by atoms with Gasteiger partial charge in [0.2, 0.25) is 0 Å². The summed E-state index contributed by atoms with van der Waals surface area (Å²) in [5, 5.41) is 8.94. The average molecular weight is 252 g/mol. The van der Waals surface area contributed by atoms with Gasteiger partial charge in [0.25, 0.3) is 5.92 Å². The SMILES string of the molecule is COC(=O)c1ccc(N2CC(F)(F)C2)cc1C#N. The number of ether oxygens (including phenoxy) is 1. The number of hydrogen-bond donors (Lipinski definition) is 0. The molecule has 0 N–H and O–H groups in total. The van der Waals surface area contributed by atoms with Crippen molar-refractivity contribution in [3.63, 3.8) is 0 Å². The fraction of sp³-hybridized carbons (Fsp3) is 0.333. The Morgan fingerprint density at radius 1 is 1.50 bits per heavy atom. The van der Waals surface area contributed by atoms with Crippen LogP contribution in [0.2, 0.25) is 0 Å². The lowest BCUT2D eigenvalue weighted by atomic mass is 10.0. The number of hydrogen-bond acceptors (Lipinski definition) is 4. The molecule has 0 unspecified atom stereocenters. The number of nitrogens with zero attached hydrogens (tertiary/aromatic N) is 2. The largest absolute Gasteiger partial charge is 0.465 e. The number of methoxy groups -OCH3 is 1. The Labute approximate surface area is 102 Å². The van der Waals surface area contributed by atoms with E-state index in [0.717, 1.165) is 0 Å². The summed E-state index contributed by atoms with van der Waals surface area (Å²) in [7, 11) is 1.22. The summed E-state index contributed by atoms with van der Waals surface area (Å²) < 4.78 is 30.0. The Hall–Kier alpha value is -2.16. The Bertz CT molecular complexity index is 529. The molecule has 0 aromatic heterocycles. The van der Waals surface area contributed by atoms with Crippen molar-refractivity contribution in [3.05, 3.63) is 29.3 Å². The third kappa shape index (κ3) is 2.12. The minimum absolute atomic E-state index is 0.120. The fourth-order valence-electron chi connectivity index (χ4n) is 1.80. The predicted molar refractivity (Wildman–Crippen MR) is 59.7 cm³/mol. The van der Waals surface area contributed by atoms with Gasteiger partial charge in [-0.1, -0.05) is 0 Å². The lowest BCUT2D eigenvalue weighted by Crippen LogP contribution is -2.56. The van der Waals surface area contributed by atoms with E-state index in [1.54, 1.807) is 0 Å². The molecule has 0 amide bonds. The van der Waals surface area contributed by atoms with Crippen molar-refractivity contribution in [2.75, 3.05) is 25.1 Å². The van der Waals surface area contributed by atoms with E-state index in [1.165, 1.54) is 30.2 Å². The first-order valence-corrected chi connectivity index (χ1v) is 5.22. The number of nitriles is 1. The van der Waals surface area contributed by atoms with Crippen LogP contribution in [0.3, 0.4) is 0 Å². The first kappa shape index (κ1) is 12.3. The number of halogens is 2. The first-order chi connectivity index (χ1) is 8.46. The summed E-state index contributed by atoms with van der Waals surface area (Å²) in [5.74, 6) is -3.29. The van der Waals surface area contributed by atoms with Crippen LogP contribution in [0.15, 0.2) is 18.2 Å². The van der Waals surface area contributed by atoms with Gasteiger partial charge in [0.1, 0.15) is 6.07 Å². The smallest absolute Gasteiger partial charge is 0.339 e. The molecule has 1 aliphatic rings. The number of rotatable bonds is 2. The molecule has 0 saturated carbocycles. The first-order valence-electron chi connectivity index (χ1n) is 5.22. The molecule has 1 fully saturated rings. The zero-order chi connectivity index (χ0) is 13.3. The number of benzene rings is 1. The van der Waals surface area contributed by atoms with Crippen LogP contribution in [0.1, 0.15) is 15.9 Å². The maximum absolute atomic E-state index is 12.7. The number of anilines is 1. The van der Waals surface area contributed by atoms with Crippen molar-refractivity contribution >= 4 is 11.7 Å². The van der Waals surface area contributed by atoms with E-state index in [4.69, 9.17) is 5.26 Å². The minimum Gasteiger partial charge on any atom is -0.465 e. The zero-order valence-corrected chi connectivity index (χ0v) is 9.61. The van der Waals surface area contributed by atoms with Crippen molar-refractivity contribution < 1.29 is 18.3 Å². The van der Waals surface area contributed by atoms with Crippen molar-refractivity contribution in [2.45, 2.75) is 5.92 Å². The van der Waals surface area contributed by atoms with Crippen molar-refractivity contribution in [1.82, 2.24) is 0 Å². The van der Waals surface area contributed by atoms with Crippen LogP contribution < -0.4 is 4.90 Å². The molecule has 1 aromatic rings. The number of carbonyl (C=O) groups is 1. The van der Waals surface area contributed by atoms with Gasteiger partial charge in [-0.25, -0.2) is 13.6 Å². The van der Waals surface area contributed by atoms with E-state index in [-0.39, 0.29) is 24.2 Å². The maximum Gasteiger partial charge on any atom is 0.339 e. The zero-order valence-electron chi connectivity index (χ0n) is 9.61. The summed E-state index contributed by atoms with van der Waals surface area (Å²) in [5.41, 5.74) is 0.760. The lowest BCUT2D eigenvalue weighted by Gasteiger charge is -2.40. The third-order valence-corrected chi connectivity index (χ3v) is 2.74. The molecule has 0 bridgehead atoms. The van der Waals surface area contributed by atoms with Crippen LogP contribution in [0.4, 0.5) is 14.5 Å². The van der Waals surface area contributed by atoms with Gasteiger partial charge in [0, 0.05) is 5.69 Å². The average Bonchev–Trinajstić information content (AvgIpc) is 2.34. The molecule has 18 heavy (non-hydrogen) atoms. The Morgan fingerprint density at radius 3 is 2.67 bits per heavy atom. The topological polar surface area (TPSA) is 53.3 Å². The number of esters is 1. The molecule has 0 atom stereocenters. The monoisotopic (exact) mass is 252 g/mol. The fourth-order valence-corrected chi connectivity index (χ4v) is 1.80. The molecule has 1 saturated heterocycles. The van der Waals surface area contributed by atoms with Gasteiger partial charge in [-0.05, 0) is 18.2 Å². The van der Waals surface area contributed by atoms with E-state index < -0.39 is 11.9 Å². The molecule has 4 nitrogen and oxygen atoms in total. The quantitative estimate of drug-likeness (QED) is 0.753. The maximum atomic E-state index is 12.7. The highest BCUT2D eigenvalue weighted by atomic mass is 19.3. The summed E-state index contributed by atoms with van der Waals surface area (Å²) in [4.78, 5) is 12.8. The van der Waals surface area contributed by atoms with E-state index in [2.05, 4.69) is 4.74 Å². The van der Waals surface area contributed by atoms with E-state index >= 15 is 0 Å². The third-order valence-electron chi connectivity index (χ3n) is 2.74. The highest BCUT2D eigenvalue weighted by Crippen LogP contribution is 2.32. The minimum atomic E-state index is -2.67. The van der Waals surface area contributed by atoms with Crippen molar-refractivity contribution in [1.29, 1.82) is 5.26 Å².